The van der Waals surface area contributed by atoms with Gasteiger partial charge in [0.25, 0.3) is 5.91 Å². The standard InChI is InChI=1S/C18H20N4O2S/c23-17-2-1-5-22(17)15-9-25-16-8-19-14(7-11(15)16)18(24)21-13-6-10-3-4-12(13)20-10/h7-10,12-13,20H,1-6H2,(H,21,24)/t10-,12+,13-/m1/s1. The van der Waals surface area contributed by atoms with E-state index in [2.05, 4.69) is 15.6 Å². The Labute approximate surface area is 149 Å². The summed E-state index contributed by atoms with van der Waals surface area (Å²) >= 11 is 1.57. The molecule has 7 heteroatoms. The van der Waals surface area contributed by atoms with Gasteiger partial charge in [0.1, 0.15) is 5.69 Å². The summed E-state index contributed by atoms with van der Waals surface area (Å²) in [6.07, 6.45) is 6.60. The molecule has 130 valence electrons. The highest BCUT2D eigenvalue weighted by Gasteiger charge is 2.39. The summed E-state index contributed by atoms with van der Waals surface area (Å²) in [6.45, 7) is 0.755. The number of amides is 2. The Balaban J connectivity index is 1.41. The first-order valence-electron chi connectivity index (χ1n) is 8.93. The third-order valence-electron chi connectivity index (χ3n) is 5.65. The summed E-state index contributed by atoms with van der Waals surface area (Å²) in [5.41, 5.74) is 1.35. The van der Waals surface area contributed by atoms with Gasteiger partial charge >= 0.3 is 0 Å². The number of fused-ring (bicyclic) bond motifs is 3. The molecule has 3 aliphatic rings. The van der Waals surface area contributed by atoms with Crippen molar-refractivity contribution in [3.63, 3.8) is 0 Å². The fraction of sp³-hybridized carbons (Fsp3) is 0.500. The van der Waals surface area contributed by atoms with Crippen LogP contribution >= 0.6 is 11.3 Å². The van der Waals surface area contributed by atoms with E-state index < -0.39 is 0 Å². The number of aromatic nitrogens is 1. The summed E-state index contributed by atoms with van der Waals surface area (Å²) in [4.78, 5) is 30.9. The SMILES string of the molecule is O=C(N[C@@H]1C[C@H]2CC[C@@H]1N2)c1cc2c(N3CCCC3=O)csc2cn1. The highest BCUT2D eigenvalue weighted by molar-refractivity contribution is 7.17. The van der Waals surface area contributed by atoms with Gasteiger partial charge in [-0.3, -0.25) is 9.59 Å². The summed E-state index contributed by atoms with van der Waals surface area (Å²) < 4.78 is 1.01. The predicted molar refractivity (Wildman–Crippen MR) is 97.0 cm³/mol. The Morgan fingerprint density at radius 2 is 2.32 bits per heavy atom. The van der Waals surface area contributed by atoms with Crippen molar-refractivity contribution in [1.82, 2.24) is 15.6 Å². The average molecular weight is 356 g/mol. The molecule has 0 spiro atoms. The van der Waals surface area contributed by atoms with Crippen molar-refractivity contribution in [3.8, 4) is 0 Å². The van der Waals surface area contributed by atoms with E-state index in [1.165, 1.54) is 6.42 Å². The molecule has 0 unspecified atom stereocenters. The third-order valence-corrected chi connectivity index (χ3v) is 6.57. The molecule has 2 aromatic rings. The van der Waals surface area contributed by atoms with Crippen molar-refractivity contribution >= 4 is 38.9 Å². The Morgan fingerprint density at radius 1 is 1.40 bits per heavy atom. The minimum Gasteiger partial charge on any atom is -0.346 e. The van der Waals surface area contributed by atoms with Crippen LogP contribution in [0.5, 0.6) is 0 Å². The van der Waals surface area contributed by atoms with E-state index >= 15 is 0 Å². The number of thiophene rings is 1. The number of nitrogens with one attached hydrogen (secondary N) is 2. The Kier molecular flexibility index (Phi) is 3.53. The minimum absolute atomic E-state index is 0.119. The zero-order valence-corrected chi connectivity index (χ0v) is 14.6. The number of hydrogen-bond acceptors (Lipinski definition) is 5. The van der Waals surface area contributed by atoms with Crippen molar-refractivity contribution in [3.05, 3.63) is 23.3 Å². The second kappa shape index (κ2) is 5.78. The van der Waals surface area contributed by atoms with Gasteiger partial charge in [0.15, 0.2) is 0 Å². The van der Waals surface area contributed by atoms with Crippen LogP contribution in [0.1, 0.15) is 42.6 Å². The molecule has 0 radical (unpaired) electrons. The van der Waals surface area contributed by atoms with Gasteiger partial charge in [0.2, 0.25) is 5.91 Å². The quantitative estimate of drug-likeness (QED) is 0.883. The summed E-state index contributed by atoms with van der Waals surface area (Å²) in [6, 6.07) is 2.99. The fourth-order valence-corrected chi connectivity index (χ4v) is 5.28. The zero-order valence-electron chi connectivity index (χ0n) is 13.8. The molecule has 3 saturated heterocycles. The number of rotatable bonds is 3. The van der Waals surface area contributed by atoms with Gasteiger partial charge in [-0.15, -0.1) is 11.3 Å². The molecule has 3 fully saturated rings. The molecule has 2 amide bonds. The topological polar surface area (TPSA) is 74.3 Å². The van der Waals surface area contributed by atoms with Crippen LogP contribution in [0.4, 0.5) is 5.69 Å². The van der Waals surface area contributed by atoms with E-state index in [9.17, 15) is 9.59 Å². The van der Waals surface area contributed by atoms with E-state index in [-0.39, 0.29) is 17.9 Å². The molecule has 0 saturated carbocycles. The first-order valence-corrected chi connectivity index (χ1v) is 9.81. The maximum Gasteiger partial charge on any atom is 0.270 e. The second-order valence-corrected chi connectivity index (χ2v) is 8.11. The lowest BCUT2D eigenvalue weighted by molar-refractivity contribution is -0.117. The number of carbonyl (C=O) groups is 2. The number of anilines is 1. The molecular weight excluding hydrogens is 336 g/mol. The second-order valence-electron chi connectivity index (χ2n) is 7.20. The molecular formula is C18H20N4O2S. The summed E-state index contributed by atoms with van der Waals surface area (Å²) in [7, 11) is 0. The lowest BCUT2D eigenvalue weighted by atomic mass is 9.95. The highest BCUT2D eigenvalue weighted by atomic mass is 32.1. The van der Waals surface area contributed by atoms with Gasteiger partial charge in [0, 0.05) is 48.1 Å². The summed E-state index contributed by atoms with van der Waals surface area (Å²) in [5.74, 6) is 0.0433. The smallest absolute Gasteiger partial charge is 0.270 e. The van der Waals surface area contributed by atoms with Crippen molar-refractivity contribution in [1.29, 1.82) is 0 Å². The van der Waals surface area contributed by atoms with E-state index in [4.69, 9.17) is 0 Å². The van der Waals surface area contributed by atoms with Gasteiger partial charge in [-0.1, -0.05) is 0 Å². The van der Waals surface area contributed by atoms with E-state index in [1.807, 2.05) is 16.3 Å². The average Bonchev–Trinajstić information content (AvgIpc) is 3.37. The molecule has 25 heavy (non-hydrogen) atoms. The van der Waals surface area contributed by atoms with Crippen LogP contribution in [-0.2, 0) is 4.79 Å². The van der Waals surface area contributed by atoms with Crippen LogP contribution in [0.15, 0.2) is 17.6 Å². The van der Waals surface area contributed by atoms with Crippen LogP contribution in [0.2, 0.25) is 0 Å². The van der Waals surface area contributed by atoms with Crippen LogP contribution in [0.3, 0.4) is 0 Å². The first-order chi connectivity index (χ1) is 12.2. The number of nitrogens with zero attached hydrogens (tertiary/aromatic N) is 2. The Hall–Kier alpha value is -1.99. The van der Waals surface area contributed by atoms with Crippen molar-refractivity contribution in [2.45, 2.75) is 50.2 Å². The monoisotopic (exact) mass is 356 g/mol. The van der Waals surface area contributed by atoms with Crippen LogP contribution in [0, 0.1) is 0 Å². The van der Waals surface area contributed by atoms with E-state index in [0.717, 1.165) is 41.6 Å². The predicted octanol–water partition coefficient (Wildman–Crippen LogP) is 2.05. The lowest BCUT2D eigenvalue weighted by Crippen LogP contribution is -2.43. The molecule has 2 N–H and O–H groups in total. The first kappa shape index (κ1) is 15.3. The summed E-state index contributed by atoms with van der Waals surface area (Å²) in [5, 5.41) is 9.62. The lowest BCUT2D eigenvalue weighted by Gasteiger charge is -2.21. The molecule has 6 nitrogen and oxygen atoms in total. The molecule has 3 aliphatic heterocycles. The van der Waals surface area contributed by atoms with Gasteiger partial charge in [-0.05, 0) is 31.7 Å². The van der Waals surface area contributed by atoms with Crippen LogP contribution in [0.25, 0.3) is 10.1 Å². The van der Waals surface area contributed by atoms with E-state index in [0.29, 0.717) is 24.2 Å². The maximum atomic E-state index is 12.7. The van der Waals surface area contributed by atoms with Crippen molar-refractivity contribution in [2.24, 2.45) is 0 Å². The van der Waals surface area contributed by atoms with Crippen molar-refractivity contribution < 1.29 is 9.59 Å². The molecule has 5 heterocycles. The Bertz CT molecular complexity index is 864. The largest absolute Gasteiger partial charge is 0.346 e. The minimum atomic E-state index is -0.119. The molecule has 2 bridgehead atoms. The fourth-order valence-electron chi connectivity index (χ4n) is 4.38. The number of carbonyl (C=O) groups excluding carboxylic acids is 2. The number of hydrogen-bond donors (Lipinski definition) is 2. The highest BCUT2D eigenvalue weighted by Crippen LogP contribution is 2.35. The molecule has 2 aromatic heterocycles. The zero-order chi connectivity index (χ0) is 17.0. The van der Waals surface area contributed by atoms with Crippen LogP contribution in [-0.4, -0.2) is 41.5 Å². The van der Waals surface area contributed by atoms with Crippen molar-refractivity contribution in [2.75, 3.05) is 11.4 Å². The van der Waals surface area contributed by atoms with Gasteiger partial charge in [-0.25, -0.2) is 4.98 Å². The molecule has 3 atom stereocenters. The van der Waals surface area contributed by atoms with Gasteiger partial charge in [0.05, 0.1) is 10.4 Å². The Morgan fingerprint density at radius 3 is 3.04 bits per heavy atom. The normalized spacial score (nSPS) is 28.2. The molecule has 0 aliphatic carbocycles. The molecule has 0 aromatic carbocycles. The third kappa shape index (κ3) is 2.53. The van der Waals surface area contributed by atoms with E-state index in [1.54, 1.807) is 17.5 Å². The van der Waals surface area contributed by atoms with Crippen LogP contribution < -0.4 is 15.5 Å². The molecule has 5 rings (SSSR count). The van der Waals surface area contributed by atoms with Gasteiger partial charge < -0.3 is 15.5 Å². The number of pyridine rings is 1. The van der Waals surface area contributed by atoms with Gasteiger partial charge in [-0.2, -0.15) is 0 Å². The maximum absolute atomic E-state index is 12.7.